The monoisotopic (exact) mass is 399 g/mol. The van der Waals surface area contributed by atoms with Crippen molar-refractivity contribution in [1.29, 1.82) is 0 Å². The van der Waals surface area contributed by atoms with Gasteiger partial charge in [0, 0.05) is 24.1 Å². The molecule has 2 heterocycles. The molecule has 1 aliphatic rings. The zero-order chi connectivity index (χ0) is 21.1. The van der Waals surface area contributed by atoms with Crippen LogP contribution in [0.15, 0.2) is 50.7 Å². The van der Waals surface area contributed by atoms with Gasteiger partial charge >= 0.3 is 0 Å². The second kappa shape index (κ2) is 8.75. The quantitative estimate of drug-likeness (QED) is 0.750. The molecule has 0 amide bonds. The molecule has 1 fully saturated rings. The van der Waals surface area contributed by atoms with Gasteiger partial charge in [0.05, 0.1) is 19.3 Å². The summed E-state index contributed by atoms with van der Waals surface area (Å²) in [6, 6.07) is 6.71. The van der Waals surface area contributed by atoms with Crippen LogP contribution in [0.1, 0.15) is 41.9 Å². The number of allylic oxidation sites excluding steroid dienone is 2. The Hall–Kier alpha value is -2.71. The predicted molar refractivity (Wildman–Crippen MR) is 108 cm³/mol. The summed E-state index contributed by atoms with van der Waals surface area (Å²) in [6.07, 6.45) is 4.32. The maximum Gasteiger partial charge on any atom is 0.291 e. The first-order valence-corrected chi connectivity index (χ1v) is 9.31. The fourth-order valence-corrected chi connectivity index (χ4v) is 3.42. The van der Waals surface area contributed by atoms with Crippen molar-refractivity contribution in [2.75, 3.05) is 13.7 Å². The molecule has 0 spiro atoms. The summed E-state index contributed by atoms with van der Waals surface area (Å²) >= 11 is 0. The Balaban J connectivity index is 1.77. The van der Waals surface area contributed by atoms with Crippen molar-refractivity contribution in [3.63, 3.8) is 0 Å². The van der Waals surface area contributed by atoms with E-state index in [0.717, 1.165) is 16.7 Å². The molecular formula is C22H25NO6. The highest BCUT2D eigenvalue weighted by Crippen LogP contribution is 2.35. The molecular weight excluding hydrogens is 374 g/mol. The zero-order valence-electron chi connectivity index (χ0n) is 16.9. The molecule has 1 aromatic carbocycles. The third-order valence-electron chi connectivity index (χ3n) is 4.94. The lowest BCUT2D eigenvalue weighted by Crippen LogP contribution is -2.99. The smallest absolute Gasteiger partial charge is 0.291 e. The standard InChI is InChI=1S/C22H25NO6/c1-13(9-16-5-7-18(8-6-16)23(25)26)10-17-11-19(28-12-17)21-14(2)20(24)15(3)22(27-4)29-21/h5-10,19,23,25H,11-12H2,1-4H3. The summed E-state index contributed by atoms with van der Waals surface area (Å²) in [7, 11) is 1.47. The van der Waals surface area contributed by atoms with E-state index in [4.69, 9.17) is 19.1 Å². The minimum Gasteiger partial charge on any atom is -0.595 e. The summed E-state index contributed by atoms with van der Waals surface area (Å²) in [5.41, 5.74) is 4.19. The molecule has 2 N–H and O–H groups in total. The Bertz CT molecular complexity index is 1000. The van der Waals surface area contributed by atoms with E-state index in [1.165, 1.54) is 7.11 Å². The Labute approximate surface area is 169 Å². The molecule has 7 nitrogen and oxygen atoms in total. The number of quaternary nitrogens is 1. The van der Waals surface area contributed by atoms with Gasteiger partial charge in [0.2, 0.25) is 0 Å². The fourth-order valence-electron chi connectivity index (χ4n) is 3.42. The average Bonchev–Trinajstić information content (AvgIpc) is 3.14. The van der Waals surface area contributed by atoms with Crippen molar-refractivity contribution in [1.82, 2.24) is 0 Å². The highest BCUT2D eigenvalue weighted by Gasteiger charge is 2.28. The topological polar surface area (TPSA) is 96.4 Å². The van der Waals surface area contributed by atoms with Gasteiger partial charge in [-0.2, -0.15) is 5.23 Å². The van der Waals surface area contributed by atoms with Gasteiger partial charge in [-0.25, -0.2) is 5.21 Å². The molecule has 3 rings (SSSR count). The number of ether oxygens (including phenoxy) is 2. The van der Waals surface area contributed by atoms with E-state index in [1.807, 2.05) is 19.1 Å². The number of hydrogen-bond acceptors (Lipinski definition) is 6. The SMILES string of the molecule is COc1oc(C2CC(=CC(C)=Cc3ccc([NH+]([O-])O)cc3)CO2)c(C)c(=O)c1C. The second-order valence-electron chi connectivity index (χ2n) is 7.16. The van der Waals surface area contributed by atoms with Crippen LogP contribution in [0.25, 0.3) is 6.08 Å². The first kappa shape index (κ1) is 21.0. The lowest BCUT2D eigenvalue weighted by molar-refractivity contribution is -0.991. The van der Waals surface area contributed by atoms with Crippen LogP contribution in [-0.4, -0.2) is 18.9 Å². The molecule has 2 aromatic rings. The Morgan fingerprint density at radius 2 is 1.97 bits per heavy atom. The van der Waals surface area contributed by atoms with Gasteiger partial charge in [0.15, 0.2) is 11.1 Å². The number of benzene rings is 1. The van der Waals surface area contributed by atoms with E-state index in [-0.39, 0.29) is 23.2 Å². The average molecular weight is 399 g/mol. The molecule has 29 heavy (non-hydrogen) atoms. The van der Waals surface area contributed by atoms with E-state index < -0.39 is 5.23 Å². The molecule has 0 saturated carbocycles. The van der Waals surface area contributed by atoms with Gasteiger partial charge < -0.3 is 19.1 Å². The minimum absolute atomic E-state index is 0.0926. The van der Waals surface area contributed by atoms with Crippen LogP contribution >= 0.6 is 0 Å². The fraction of sp³-hybridized carbons (Fsp3) is 0.318. The molecule has 0 bridgehead atoms. The minimum atomic E-state index is -0.941. The van der Waals surface area contributed by atoms with Gasteiger partial charge in [-0.05, 0) is 44.0 Å². The van der Waals surface area contributed by atoms with Crippen molar-refractivity contribution in [3.05, 3.63) is 79.4 Å². The summed E-state index contributed by atoms with van der Waals surface area (Å²) in [5.74, 6) is 0.726. The Morgan fingerprint density at radius 1 is 1.28 bits per heavy atom. The largest absolute Gasteiger partial charge is 0.595 e. The van der Waals surface area contributed by atoms with Crippen LogP contribution in [0, 0.1) is 19.1 Å². The van der Waals surface area contributed by atoms with Crippen LogP contribution in [0.2, 0.25) is 0 Å². The predicted octanol–water partition coefficient (Wildman–Crippen LogP) is 3.16. The van der Waals surface area contributed by atoms with E-state index in [1.54, 1.807) is 38.1 Å². The van der Waals surface area contributed by atoms with Gasteiger partial charge in [-0.15, -0.1) is 0 Å². The molecule has 7 heteroatoms. The highest BCUT2D eigenvalue weighted by atomic mass is 16.8. The molecule has 2 atom stereocenters. The maximum atomic E-state index is 12.4. The Kier molecular flexibility index (Phi) is 6.34. The lowest BCUT2D eigenvalue weighted by atomic mass is 10.0. The number of rotatable bonds is 5. The number of methoxy groups -OCH3 is 1. The molecule has 0 aliphatic carbocycles. The van der Waals surface area contributed by atoms with Gasteiger partial charge in [0.25, 0.3) is 5.95 Å². The van der Waals surface area contributed by atoms with Gasteiger partial charge in [-0.1, -0.05) is 17.7 Å². The molecule has 2 unspecified atom stereocenters. The number of nitrogens with one attached hydrogen (secondary N) is 1. The first-order chi connectivity index (χ1) is 13.8. The van der Waals surface area contributed by atoms with Crippen LogP contribution in [0.4, 0.5) is 5.69 Å². The highest BCUT2D eigenvalue weighted by molar-refractivity contribution is 5.57. The van der Waals surface area contributed by atoms with Crippen molar-refractivity contribution >= 4 is 11.8 Å². The van der Waals surface area contributed by atoms with E-state index >= 15 is 0 Å². The normalized spacial score (nSPS) is 19.6. The molecule has 1 aliphatic heterocycles. The summed E-state index contributed by atoms with van der Waals surface area (Å²) in [6.45, 7) is 5.85. The molecule has 0 radical (unpaired) electrons. The van der Waals surface area contributed by atoms with Crippen LogP contribution in [0.3, 0.4) is 0 Å². The van der Waals surface area contributed by atoms with Gasteiger partial charge in [0.1, 0.15) is 11.9 Å². The second-order valence-corrected chi connectivity index (χ2v) is 7.16. The molecule has 154 valence electrons. The molecule has 1 aromatic heterocycles. The summed E-state index contributed by atoms with van der Waals surface area (Å²) in [4.78, 5) is 12.4. The lowest BCUT2D eigenvalue weighted by Gasteiger charge is -2.13. The van der Waals surface area contributed by atoms with Crippen molar-refractivity contribution in [3.8, 4) is 5.95 Å². The third-order valence-corrected chi connectivity index (χ3v) is 4.94. The maximum absolute atomic E-state index is 12.4. The summed E-state index contributed by atoms with van der Waals surface area (Å²) < 4.78 is 16.8. The number of hydrogen-bond donors (Lipinski definition) is 2. The van der Waals surface area contributed by atoms with Crippen LogP contribution < -0.4 is 15.4 Å². The van der Waals surface area contributed by atoms with Gasteiger partial charge in [-0.3, -0.25) is 4.79 Å². The molecule has 1 saturated heterocycles. The van der Waals surface area contributed by atoms with Crippen molar-refractivity contribution in [2.24, 2.45) is 0 Å². The van der Waals surface area contributed by atoms with Crippen LogP contribution in [-0.2, 0) is 4.74 Å². The van der Waals surface area contributed by atoms with E-state index in [0.29, 0.717) is 29.9 Å². The third kappa shape index (κ3) is 4.65. The van der Waals surface area contributed by atoms with E-state index in [2.05, 4.69) is 0 Å². The summed E-state index contributed by atoms with van der Waals surface area (Å²) in [5, 5.41) is 19.0. The van der Waals surface area contributed by atoms with Crippen LogP contribution in [0.5, 0.6) is 5.95 Å². The first-order valence-electron chi connectivity index (χ1n) is 9.31. The zero-order valence-corrected chi connectivity index (χ0v) is 16.9. The Morgan fingerprint density at radius 3 is 2.59 bits per heavy atom. The van der Waals surface area contributed by atoms with E-state index in [9.17, 15) is 10.0 Å². The van der Waals surface area contributed by atoms with Crippen molar-refractivity contribution in [2.45, 2.75) is 33.3 Å². The van der Waals surface area contributed by atoms with Crippen molar-refractivity contribution < 1.29 is 24.3 Å².